The van der Waals surface area contributed by atoms with E-state index in [-0.39, 0.29) is 0 Å². The fourth-order valence-corrected chi connectivity index (χ4v) is 4.25. The highest BCUT2D eigenvalue weighted by molar-refractivity contribution is 5.84. The second-order valence-corrected chi connectivity index (χ2v) is 8.72. The summed E-state index contributed by atoms with van der Waals surface area (Å²) in [5.74, 6) is 3.71. The molecule has 0 unspecified atom stereocenters. The summed E-state index contributed by atoms with van der Waals surface area (Å²) in [7, 11) is 5.09. The summed E-state index contributed by atoms with van der Waals surface area (Å²) in [6.07, 6.45) is 3.61. The quantitative estimate of drug-likeness (QED) is 0.274. The number of ether oxygens (including phenoxy) is 4. The minimum Gasteiger partial charge on any atom is -0.497 e. The zero-order valence-corrected chi connectivity index (χ0v) is 21.1. The molecule has 0 amide bonds. The van der Waals surface area contributed by atoms with Crippen LogP contribution in [0.1, 0.15) is 5.56 Å². The summed E-state index contributed by atoms with van der Waals surface area (Å²) in [6.45, 7) is 0.342. The largest absolute Gasteiger partial charge is 0.497 e. The van der Waals surface area contributed by atoms with Crippen molar-refractivity contribution in [1.29, 1.82) is 0 Å². The Bertz CT molecular complexity index is 1740. The highest BCUT2D eigenvalue weighted by atomic mass is 16.5. The first-order valence-corrected chi connectivity index (χ1v) is 12.0. The van der Waals surface area contributed by atoms with Crippen molar-refractivity contribution in [3.8, 4) is 40.3 Å². The van der Waals surface area contributed by atoms with E-state index in [9.17, 15) is 0 Å². The molecule has 0 aliphatic heterocycles. The van der Waals surface area contributed by atoms with Crippen LogP contribution in [-0.2, 0) is 13.7 Å². The maximum Gasteiger partial charge on any atom is 0.234 e. The molecule has 38 heavy (non-hydrogen) atoms. The van der Waals surface area contributed by atoms with Gasteiger partial charge in [-0.15, -0.1) is 0 Å². The molecule has 6 aromatic rings. The molecule has 9 heteroatoms. The van der Waals surface area contributed by atoms with Gasteiger partial charge in [0.1, 0.15) is 35.0 Å². The van der Waals surface area contributed by atoms with Gasteiger partial charge >= 0.3 is 0 Å². The van der Waals surface area contributed by atoms with E-state index in [0.29, 0.717) is 47.0 Å². The van der Waals surface area contributed by atoms with Gasteiger partial charge in [0, 0.05) is 35.8 Å². The maximum atomic E-state index is 6.25. The number of H-pyrrole nitrogens is 1. The van der Waals surface area contributed by atoms with Crippen LogP contribution in [0.2, 0.25) is 0 Å². The third kappa shape index (κ3) is 4.57. The summed E-state index contributed by atoms with van der Waals surface area (Å²) in [5.41, 5.74) is 3.42. The lowest BCUT2D eigenvalue weighted by molar-refractivity contribution is 0.304. The zero-order chi connectivity index (χ0) is 26.1. The number of hydrogen-bond donors (Lipinski definition) is 1. The molecule has 0 spiro atoms. The van der Waals surface area contributed by atoms with Crippen LogP contribution in [-0.4, -0.2) is 39.0 Å². The predicted octanol–water partition coefficient (Wildman–Crippen LogP) is 5.90. The molecule has 0 aliphatic carbocycles. The number of benzene rings is 3. The number of aryl methyl sites for hydroxylation is 1. The molecule has 0 saturated heterocycles. The van der Waals surface area contributed by atoms with Gasteiger partial charge in [-0.3, -0.25) is 4.68 Å². The van der Waals surface area contributed by atoms with E-state index < -0.39 is 0 Å². The molecule has 6 rings (SSSR count). The van der Waals surface area contributed by atoms with Gasteiger partial charge in [-0.05, 0) is 54.1 Å². The van der Waals surface area contributed by atoms with Gasteiger partial charge < -0.3 is 23.9 Å². The van der Waals surface area contributed by atoms with Crippen LogP contribution in [0.4, 0.5) is 0 Å². The van der Waals surface area contributed by atoms with Crippen molar-refractivity contribution in [3.05, 3.63) is 84.7 Å². The summed E-state index contributed by atoms with van der Waals surface area (Å²) >= 11 is 0. The van der Waals surface area contributed by atoms with Gasteiger partial charge in [-0.25, -0.2) is 4.98 Å². The van der Waals surface area contributed by atoms with Crippen molar-refractivity contribution in [2.75, 3.05) is 14.2 Å². The summed E-state index contributed by atoms with van der Waals surface area (Å²) in [5, 5.41) is 6.15. The number of fused-ring (bicyclic) bond motifs is 2. The first kappa shape index (κ1) is 23.4. The van der Waals surface area contributed by atoms with E-state index in [0.717, 1.165) is 27.4 Å². The van der Waals surface area contributed by atoms with Crippen LogP contribution < -0.4 is 18.9 Å². The van der Waals surface area contributed by atoms with Crippen LogP contribution in [0, 0.1) is 0 Å². The molecule has 0 radical (unpaired) electrons. The van der Waals surface area contributed by atoms with Crippen molar-refractivity contribution in [1.82, 2.24) is 24.7 Å². The Labute approximate surface area is 218 Å². The number of nitrogens with zero attached hydrogens (tertiary/aromatic N) is 4. The molecule has 0 fully saturated rings. The molecular weight excluding hydrogens is 482 g/mol. The molecular formula is C29H25N5O4. The summed E-state index contributed by atoms with van der Waals surface area (Å²) in [4.78, 5) is 12.7. The Balaban J connectivity index is 1.31. The first-order chi connectivity index (χ1) is 18.6. The fraction of sp³-hybridized carbons (Fsp3) is 0.138. The number of hydrogen-bond acceptors (Lipinski definition) is 7. The second kappa shape index (κ2) is 9.78. The van der Waals surface area contributed by atoms with E-state index in [1.54, 1.807) is 25.1 Å². The molecule has 9 nitrogen and oxygen atoms in total. The van der Waals surface area contributed by atoms with Gasteiger partial charge in [0.2, 0.25) is 5.88 Å². The molecule has 1 N–H and O–H groups in total. The minimum absolute atomic E-state index is 0.342. The Kier molecular flexibility index (Phi) is 6.01. The Morgan fingerprint density at radius 3 is 2.50 bits per heavy atom. The standard InChI is InChI=1S/C29H25N5O4/c1-34-28-25(16-31-34)29(38-22-7-8-26-19(13-22)9-10-30-26)33-27(32-28)20-5-4-6-21(14-20)37-17-18-11-23(35-2)15-24(12-18)36-3/h4-16,30H,17H2,1-3H3. The van der Waals surface area contributed by atoms with Crippen molar-refractivity contribution < 1.29 is 18.9 Å². The van der Waals surface area contributed by atoms with Crippen LogP contribution in [0.3, 0.4) is 0 Å². The zero-order valence-electron chi connectivity index (χ0n) is 21.1. The summed E-state index contributed by atoms with van der Waals surface area (Å²) in [6, 6.07) is 21.2. The summed E-state index contributed by atoms with van der Waals surface area (Å²) < 4.78 is 24.8. The Morgan fingerprint density at radius 2 is 1.68 bits per heavy atom. The number of methoxy groups -OCH3 is 2. The lowest BCUT2D eigenvalue weighted by Crippen LogP contribution is -2.00. The van der Waals surface area contributed by atoms with Crippen LogP contribution >= 0.6 is 0 Å². The van der Waals surface area contributed by atoms with Gasteiger partial charge in [0.15, 0.2) is 11.5 Å². The average molecular weight is 508 g/mol. The number of aromatic nitrogens is 5. The first-order valence-electron chi connectivity index (χ1n) is 12.0. The molecule has 190 valence electrons. The molecule has 3 aromatic heterocycles. The van der Waals surface area contributed by atoms with Gasteiger partial charge in [0.05, 0.1) is 20.4 Å². The fourth-order valence-electron chi connectivity index (χ4n) is 4.25. The predicted molar refractivity (Wildman–Crippen MR) is 144 cm³/mol. The van der Waals surface area contributed by atoms with E-state index in [1.807, 2.05) is 80.0 Å². The van der Waals surface area contributed by atoms with E-state index >= 15 is 0 Å². The smallest absolute Gasteiger partial charge is 0.234 e. The number of nitrogens with one attached hydrogen (secondary N) is 1. The second-order valence-electron chi connectivity index (χ2n) is 8.72. The highest BCUT2D eigenvalue weighted by Gasteiger charge is 2.16. The van der Waals surface area contributed by atoms with Crippen LogP contribution in [0.5, 0.6) is 28.9 Å². The van der Waals surface area contributed by atoms with Crippen molar-refractivity contribution >= 4 is 21.9 Å². The van der Waals surface area contributed by atoms with Crippen LogP contribution in [0.25, 0.3) is 33.3 Å². The van der Waals surface area contributed by atoms with Crippen LogP contribution in [0.15, 0.2) is 79.1 Å². The van der Waals surface area contributed by atoms with E-state index in [2.05, 4.69) is 10.1 Å². The molecule has 3 heterocycles. The maximum absolute atomic E-state index is 6.25. The highest BCUT2D eigenvalue weighted by Crippen LogP contribution is 2.32. The van der Waals surface area contributed by atoms with Crippen molar-refractivity contribution in [2.45, 2.75) is 6.61 Å². The minimum atomic E-state index is 0.342. The molecule has 0 aliphatic rings. The molecule has 0 atom stereocenters. The number of rotatable bonds is 8. The van der Waals surface area contributed by atoms with Gasteiger partial charge in [-0.2, -0.15) is 10.1 Å². The Morgan fingerprint density at radius 1 is 0.842 bits per heavy atom. The van der Waals surface area contributed by atoms with Gasteiger partial charge in [-0.1, -0.05) is 12.1 Å². The van der Waals surface area contributed by atoms with E-state index in [4.69, 9.17) is 28.9 Å². The molecule has 3 aromatic carbocycles. The Hall–Kier alpha value is -5.05. The molecule has 0 saturated carbocycles. The van der Waals surface area contributed by atoms with E-state index in [1.165, 1.54) is 0 Å². The lowest BCUT2D eigenvalue weighted by Gasteiger charge is -2.11. The van der Waals surface area contributed by atoms with Gasteiger partial charge in [0.25, 0.3) is 0 Å². The molecule has 0 bridgehead atoms. The average Bonchev–Trinajstić information content (AvgIpc) is 3.58. The monoisotopic (exact) mass is 507 g/mol. The van der Waals surface area contributed by atoms with Crippen molar-refractivity contribution in [2.24, 2.45) is 7.05 Å². The topological polar surface area (TPSA) is 96.3 Å². The lowest BCUT2D eigenvalue weighted by atomic mass is 10.2. The number of aromatic amines is 1. The third-order valence-electron chi connectivity index (χ3n) is 6.21. The third-order valence-corrected chi connectivity index (χ3v) is 6.21. The SMILES string of the molecule is COc1cc(COc2cccc(-c3nc(Oc4ccc5[nH]ccc5c4)c4cnn(C)c4n3)c2)cc(OC)c1. The normalized spacial score (nSPS) is 11.1. The van der Waals surface area contributed by atoms with Crippen molar-refractivity contribution in [3.63, 3.8) is 0 Å².